The second-order valence-corrected chi connectivity index (χ2v) is 4.68. The highest BCUT2D eigenvalue weighted by Crippen LogP contribution is 2.11. The highest BCUT2D eigenvalue weighted by Gasteiger charge is 1.92. The zero-order valence-electron chi connectivity index (χ0n) is 10.1. The van der Waals surface area contributed by atoms with Crippen molar-refractivity contribution in [1.29, 1.82) is 0 Å². The minimum Gasteiger partial charge on any atom is -0.127 e. The van der Waals surface area contributed by atoms with Crippen molar-refractivity contribution in [1.82, 2.24) is 0 Å². The number of allylic oxidation sites excluding steroid dienone is 1. The molecule has 0 bridgehead atoms. The second kappa shape index (κ2) is 14.0. The largest absolute Gasteiger partial charge is 0.127 e. The summed E-state index contributed by atoms with van der Waals surface area (Å²) >= 11 is 5.62. The predicted molar refractivity (Wildman–Crippen MR) is 71.7 cm³/mol. The molecule has 0 aliphatic carbocycles. The van der Waals surface area contributed by atoms with Crippen LogP contribution < -0.4 is 0 Å². The third kappa shape index (κ3) is 14.0. The smallest absolute Gasteiger partial charge is 0.0223 e. The molecule has 0 aliphatic heterocycles. The lowest BCUT2D eigenvalue weighted by atomic mass is 10.1. The fourth-order valence-electron chi connectivity index (χ4n) is 1.80. The van der Waals surface area contributed by atoms with Crippen molar-refractivity contribution in [2.45, 2.75) is 70.6 Å². The maximum absolute atomic E-state index is 5.62. The van der Waals surface area contributed by atoms with Crippen molar-refractivity contribution in [2.75, 3.05) is 5.88 Å². The molecule has 0 aromatic carbocycles. The summed E-state index contributed by atoms with van der Waals surface area (Å²) < 4.78 is 0. The van der Waals surface area contributed by atoms with Crippen LogP contribution >= 0.6 is 11.6 Å². The highest BCUT2D eigenvalue weighted by molar-refractivity contribution is 6.17. The monoisotopic (exact) mass is 230 g/mol. The zero-order chi connectivity index (χ0) is 11.2. The molecule has 0 radical (unpaired) electrons. The lowest BCUT2D eigenvalue weighted by Gasteiger charge is -2.01. The Morgan fingerprint density at radius 3 is 1.47 bits per heavy atom. The van der Waals surface area contributed by atoms with Crippen LogP contribution in [0.25, 0.3) is 0 Å². The standard InChI is InChI=1S/C14H27Cl/c1-2-3-4-5-6-7-8-9-10-11-12-13-14-15/h2H,1,3-14H2. The first-order valence-corrected chi connectivity index (χ1v) is 7.12. The topological polar surface area (TPSA) is 0 Å². The maximum atomic E-state index is 5.62. The van der Waals surface area contributed by atoms with Gasteiger partial charge in [-0.1, -0.05) is 57.4 Å². The van der Waals surface area contributed by atoms with Crippen LogP contribution in [0.15, 0.2) is 12.7 Å². The van der Waals surface area contributed by atoms with Crippen LogP contribution in [0.5, 0.6) is 0 Å². The first-order chi connectivity index (χ1) is 7.41. The van der Waals surface area contributed by atoms with Gasteiger partial charge in [-0.25, -0.2) is 0 Å². The molecule has 1 heteroatoms. The normalized spacial score (nSPS) is 10.5. The molecule has 0 aromatic rings. The van der Waals surface area contributed by atoms with E-state index in [-0.39, 0.29) is 0 Å². The number of hydrogen-bond donors (Lipinski definition) is 0. The third-order valence-electron chi connectivity index (χ3n) is 2.79. The number of alkyl halides is 1. The lowest BCUT2D eigenvalue weighted by Crippen LogP contribution is -1.82. The highest BCUT2D eigenvalue weighted by atomic mass is 35.5. The molecule has 0 saturated carbocycles. The van der Waals surface area contributed by atoms with Gasteiger partial charge in [-0.15, -0.1) is 18.2 Å². The number of hydrogen-bond acceptors (Lipinski definition) is 0. The van der Waals surface area contributed by atoms with E-state index in [1.54, 1.807) is 0 Å². The van der Waals surface area contributed by atoms with E-state index < -0.39 is 0 Å². The van der Waals surface area contributed by atoms with Crippen molar-refractivity contribution in [3.8, 4) is 0 Å². The summed E-state index contributed by atoms with van der Waals surface area (Å²) in [6.45, 7) is 3.73. The zero-order valence-corrected chi connectivity index (χ0v) is 10.9. The molecule has 0 fully saturated rings. The molecule has 0 N–H and O–H groups in total. The van der Waals surface area contributed by atoms with Gasteiger partial charge < -0.3 is 0 Å². The van der Waals surface area contributed by atoms with Gasteiger partial charge in [0.25, 0.3) is 0 Å². The second-order valence-electron chi connectivity index (χ2n) is 4.30. The molecule has 0 atom stereocenters. The number of unbranched alkanes of at least 4 members (excludes halogenated alkanes) is 10. The molecule has 0 rings (SSSR count). The molecular formula is C14H27Cl. The first-order valence-electron chi connectivity index (χ1n) is 6.58. The molecule has 0 aliphatic rings. The van der Waals surface area contributed by atoms with Gasteiger partial charge in [-0.3, -0.25) is 0 Å². The van der Waals surface area contributed by atoms with E-state index in [0.29, 0.717) is 0 Å². The fourth-order valence-corrected chi connectivity index (χ4v) is 1.99. The molecule has 0 unspecified atom stereocenters. The summed E-state index contributed by atoms with van der Waals surface area (Å²) in [6.07, 6.45) is 16.9. The summed E-state index contributed by atoms with van der Waals surface area (Å²) in [5, 5.41) is 0. The first kappa shape index (κ1) is 15.0. The Hall–Kier alpha value is 0.0300. The van der Waals surface area contributed by atoms with Crippen LogP contribution in [0.4, 0.5) is 0 Å². The third-order valence-corrected chi connectivity index (χ3v) is 3.06. The van der Waals surface area contributed by atoms with Gasteiger partial charge in [0.15, 0.2) is 0 Å². The average molecular weight is 231 g/mol. The van der Waals surface area contributed by atoms with Gasteiger partial charge >= 0.3 is 0 Å². The molecule has 15 heavy (non-hydrogen) atoms. The van der Waals surface area contributed by atoms with E-state index >= 15 is 0 Å². The summed E-state index contributed by atoms with van der Waals surface area (Å²) in [5.74, 6) is 0.837. The van der Waals surface area contributed by atoms with Crippen molar-refractivity contribution < 1.29 is 0 Å². The average Bonchev–Trinajstić information content (AvgIpc) is 2.26. The van der Waals surface area contributed by atoms with Crippen LogP contribution in [0.2, 0.25) is 0 Å². The Kier molecular flexibility index (Phi) is 14.1. The van der Waals surface area contributed by atoms with Gasteiger partial charge in [0.2, 0.25) is 0 Å². The molecule has 90 valence electrons. The fraction of sp³-hybridized carbons (Fsp3) is 0.857. The van der Waals surface area contributed by atoms with E-state index in [4.69, 9.17) is 11.6 Å². The van der Waals surface area contributed by atoms with Gasteiger partial charge in [0, 0.05) is 5.88 Å². The molecule has 0 amide bonds. The minimum absolute atomic E-state index is 0.837. The Morgan fingerprint density at radius 1 is 0.667 bits per heavy atom. The van der Waals surface area contributed by atoms with Crippen molar-refractivity contribution in [3.05, 3.63) is 12.7 Å². The Morgan fingerprint density at radius 2 is 1.07 bits per heavy atom. The van der Waals surface area contributed by atoms with Crippen LogP contribution in [-0.4, -0.2) is 5.88 Å². The predicted octanol–water partition coefficient (Wildman–Crippen LogP) is 5.70. The number of rotatable bonds is 12. The molecule has 0 saturated heterocycles. The summed E-state index contributed by atoms with van der Waals surface area (Å²) in [5.41, 5.74) is 0. The van der Waals surface area contributed by atoms with Gasteiger partial charge in [-0.2, -0.15) is 0 Å². The van der Waals surface area contributed by atoms with Crippen molar-refractivity contribution >= 4 is 11.6 Å². The lowest BCUT2D eigenvalue weighted by molar-refractivity contribution is 0.558. The van der Waals surface area contributed by atoms with Crippen LogP contribution in [-0.2, 0) is 0 Å². The van der Waals surface area contributed by atoms with Crippen LogP contribution in [0.3, 0.4) is 0 Å². The van der Waals surface area contributed by atoms with Gasteiger partial charge in [0.05, 0.1) is 0 Å². The summed E-state index contributed by atoms with van der Waals surface area (Å²) in [7, 11) is 0. The van der Waals surface area contributed by atoms with Gasteiger partial charge in [-0.05, 0) is 19.3 Å². The number of halogens is 1. The van der Waals surface area contributed by atoms with Crippen LogP contribution in [0, 0.1) is 0 Å². The Bertz CT molecular complexity index is 121. The van der Waals surface area contributed by atoms with E-state index in [1.807, 2.05) is 6.08 Å². The Labute approximate surface area is 101 Å². The summed E-state index contributed by atoms with van der Waals surface area (Å²) in [6, 6.07) is 0. The van der Waals surface area contributed by atoms with E-state index in [0.717, 1.165) is 5.88 Å². The van der Waals surface area contributed by atoms with E-state index in [2.05, 4.69) is 6.58 Å². The van der Waals surface area contributed by atoms with Crippen molar-refractivity contribution in [2.24, 2.45) is 0 Å². The van der Waals surface area contributed by atoms with E-state index in [9.17, 15) is 0 Å². The van der Waals surface area contributed by atoms with Gasteiger partial charge in [0.1, 0.15) is 0 Å². The molecule has 0 heterocycles. The van der Waals surface area contributed by atoms with Crippen LogP contribution in [0.1, 0.15) is 70.6 Å². The van der Waals surface area contributed by atoms with E-state index in [1.165, 1.54) is 70.6 Å². The molecule has 0 nitrogen and oxygen atoms in total. The maximum Gasteiger partial charge on any atom is 0.0223 e. The Balaban J connectivity index is 2.83. The SMILES string of the molecule is C=CCCCCCCCCCCCCCl. The molecule has 0 aromatic heterocycles. The minimum atomic E-state index is 0.837. The summed E-state index contributed by atoms with van der Waals surface area (Å²) in [4.78, 5) is 0. The van der Waals surface area contributed by atoms with Crippen molar-refractivity contribution in [3.63, 3.8) is 0 Å². The molecule has 0 spiro atoms. The molecular weight excluding hydrogens is 204 g/mol. The quantitative estimate of drug-likeness (QED) is 0.229.